The minimum atomic E-state index is 0.298. The predicted octanol–water partition coefficient (Wildman–Crippen LogP) is 1.90. The molecular formula is C15H19N7. The number of anilines is 1. The Hall–Kier alpha value is -2.49. The van der Waals surface area contributed by atoms with Crippen molar-refractivity contribution < 1.29 is 0 Å². The van der Waals surface area contributed by atoms with E-state index in [2.05, 4.69) is 49.5 Å². The van der Waals surface area contributed by atoms with Crippen LogP contribution >= 0.6 is 0 Å². The van der Waals surface area contributed by atoms with Crippen molar-refractivity contribution in [1.29, 1.82) is 5.26 Å². The SMILES string of the molecule is CC(C)n1cnnc1C1CCCN(c2nccnc2C#N)C1. The highest BCUT2D eigenvalue weighted by molar-refractivity contribution is 5.50. The largest absolute Gasteiger partial charge is 0.353 e. The fourth-order valence-corrected chi connectivity index (χ4v) is 2.96. The lowest BCUT2D eigenvalue weighted by Gasteiger charge is -2.33. The van der Waals surface area contributed by atoms with Gasteiger partial charge in [-0.3, -0.25) is 0 Å². The summed E-state index contributed by atoms with van der Waals surface area (Å²) in [5.74, 6) is 1.99. The second-order valence-electron chi connectivity index (χ2n) is 5.82. The van der Waals surface area contributed by atoms with Crippen LogP contribution < -0.4 is 4.90 Å². The van der Waals surface area contributed by atoms with E-state index in [1.807, 2.05) is 0 Å². The maximum atomic E-state index is 9.21. The Bertz CT molecular complexity index is 685. The molecular weight excluding hydrogens is 278 g/mol. The Labute approximate surface area is 129 Å². The van der Waals surface area contributed by atoms with Gasteiger partial charge in [-0.25, -0.2) is 9.97 Å². The van der Waals surface area contributed by atoms with Gasteiger partial charge in [-0.2, -0.15) is 5.26 Å². The first-order chi connectivity index (χ1) is 10.7. The maximum Gasteiger partial charge on any atom is 0.183 e. The van der Waals surface area contributed by atoms with E-state index < -0.39 is 0 Å². The van der Waals surface area contributed by atoms with Gasteiger partial charge in [0.2, 0.25) is 0 Å². The van der Waals surface area contributed by atoms with E-state index in [1.54, 1.807) is 18.7 Å². The van der Waals surface area contributed by atoms with E-state index in [-0.39, 0.29) is 0 Å². The Morgan fingerprint density at radius 1 is 1.32 bits per heavy atom. The van der Waals surface area contributed by atoms with Crippen molar-refractivity contribution in [3.8, 4) is 6.07 Å². The molecule has 2 aromatic rings. The van der Waals surface area contributed by atoms with E-state index in [4.69, 9.17) is 0 Å². The lowest BCUT2D eigenvalue weighted by molar-refractivity contribution is 0.452. The van der Waals surface area contributed by atoms with Gasteiger partial charge < -0.3 is 9.47 Å². The Morgan fingerprint density at radius 2 is 2.14 bits per heavy atom. The average Bonchev–Trinajstić information content (AvgIpc) is 3.05. The van der Waals surface area contributed by atoms with Crippen LogP contribution in [0.1, 0.15) is 50.2 Å². The summed E-state index contributed by atoms with van der Waals surface area (Å²) in [4.78, 5) is 10.6. The number of hydrogen-bond donors (Lipinski definition) is 0. The molecule has 1 fully saturated rings. The third kappa shape index (κ3) is 2.64. The van der Waals surface area contributed by atoms with Gasteiger partial charge in [-0.05, 0) is 26.7 Å². The van der Waals surface area contributed by atoms with Crippen LogP contribution in [-0.2, 0) is 0 Å². The van der Waals surface area contributed by atoms with Gasteiger partial charge >= 0.3 is 0 Å². The molecule has 1 unspecified atom stereocenters. The maximum absolute atomic E-state index is 9.21. The molecule has 7 heteroatoms. The molecule has 0 N–H and O–H groups in total. The third-order valence-electron chi connectivity index (χ3n) is 4.03. The first-order valence-corrected chi connectivity index (χ1v) is 7.56. The molecule has 0 spiro atoms. The molecule has 0 amide bonds. The highest BCUT2D eigenvalue weighted by Gasteiger charge is 2.27. The van der Waals surface area contributed by atoms with Crippen molar-refractivity contribution in [2.45, 2.75) is 38.6 Å². The van der Waals surface area contributed by atoms with Crippen LogP contribution in [0.5, 0.6) is 0 Å². The normalized spacial score (nSPS) is 18.5. The van der Waals surface area contributed by atoms with Crippen molar-refractivity contribution in [2.24, 2.45) is 0 Å². The van der Waals surface area contributed by atoms with Crippen molar-refractivity contribution >= 4 is 5.82 Å². The van der Waals surface area contributed by atoms with Crippen LogP contribution in [0.25, 0.3) is 0 Å². The quantitative estimate of drug-likeness (QED) is 0.860. The van der Waals surface area contributed by atoms with Crippen molar-refractivity contribution in [3.63, 3.8) is 0 Å². The number of aromatic nitrogens is 5. The number of nitrogens with zero attached hydrogens (tertiary/aromatic N) is 7. The summed E-state index contributed by atoms with van der Waals surface area (Å²) >= 11 is 0. The van der Waals surface area contributed by atoms with E-state index >= 15 is 0 Å². The highest BCUT2D eigenvalue weighted by atomic mass is 15.3. The third-order valence-corrected chi connectivity index (χ3v) is 4.03. The number of piperidine rings is 1. The molecule has 2 aromatic heterocycles. The molecule has 7 nitrogen and oxygen atoms in total. The zero-order valence-electron chi connectivity index (χ0n) is 12.8. The van der Waals surface area contributed by atoms with E-state index in [0.717, 1.165) is 31.8 Å². The van der Waals surface area contributed by atoms with Gasteiger partial charge in [-0.1, -0.05) is 0 Å². The molecule has 1 saturated heterocycles. The lowest BCUT2D eigenvalue weighted by Crippen LogP contribution is -2.36. The monoisotopic (exact) mass is 297 g/mol. The second-order valence-corrected chi connectivity index (χ2v) is 5.82. The lowest BCUT2D eigenvalue weighted by atomic mass is 9.96. The molecule has 0 aliphatic carbocycles. The molecule has 3 heterocycles. The zero-order chi connectivity index (χ0) is 15.5. The second kappa shape index (κ2) is 6.10. The predicted molar refractivity (Wildman–Crippen MR) is 81.3 cm³/mol. The highest BCUT2D eigenvalue weighted by Crippen LogP contribution is 2.29. The van der Waals surface area contributed by atoms with Crippen LogP contribution in [0, 0.1) is 11.3 Å². The van der Waals surface area contributed by atoms with Crippen molar-refractivity contribution in [1.82, 2.24) is 24.7 Å². The summed E-state index contributed by atoms with van der Waals surface area (Å²) in [5, 5.41) is 17.6. The van der Waals surface area contributed by atoms with Gasteiger partial charge in [0.1, 0.15) is 18.2 Å². The van der Waals surface area contributed by atoms with E-state index in [9.17, 15) is 5.26 Å². The molecule has 0 aromatic carbocycles. The average molecular weight is 297 g/mol. The molecule has 22 heavy (non-hydrogen) atoms. The van der Waals surface area contributed by atoms with Crippen molar-refractivity contribution in [2.75, 3.05) is 18.0 Å². The van der Waals surface area contributed by atoms with Gasteiger partial charge in [0, 0.05) is 37.4 Å². The number of nitriles is 1. The van der Waals surface area contributed by atoms with Gasteiger partial charge in [0.05, 0.1) is 0 Å². The Kier molecular flexibility index (Phi) is 4.00. The fraction of sp³-hybridized carbons (Fsp3) is 0.533. The fourth-order valence-electron chi connectivity index (χ4n) is 2.96. The molecule has 0 saturated carbocycles. The minimum Gasteiger partial charge on any atom is -0.353 e. The van der Waals surface area contributed by atoms with Gasteiger partial charge in [0.25, 0.3) is 0 Å². The van der Waals surface area contributed by atoms with Gasteiger partial charge in [0.15, 0.2) is 11.5 Å². The summed E-state index contributed by atoms with van der Waals surface area (Å²) in [6.45, 7) is 5.94. The summed E-state index contributed by atoms with van der Waals surface area (Å²) in [7, 11) is 0. The Balaban J connectivity index is 1.86. The standard InChI is InChI=1S/C15H19N7/c1-11(2)22-10-19-20-14(22)12-4-3-7-21(9-12)15-13(8-16)17-5-6-18-15/h5-6,10-12H,3-4,7,9H2,1-2H3. The van der Waals surface area contributed by atoms with E-state index in [0.29, 0.717) is 23.5 Å². The zero-order valence-corrected chi connectivity index (χ0v) is 12.8. The van der Waals surface area contributed by atoms with Crippen molar-refractivity contribution in [3.05, 3.63) is 30.2 Å². The summed E-state index contributed by atoms with van der Waals surface area (Å²) in [6.07, 6.45) is 7.10. The minimum absolute atomic E-state index is 0.298. The summed E-state index contributed by atoms with van der Waals surface area (Å²) in [6, 6.07) is 2.46. The smallest absolute Gasteiger partial charge is 0.183 e. The first kappa shape index (κ1) is 14.4. The Morgan fingerprint density at radius 3 is 2.91 bits per heavy atom. The van der Waals surface area contributed by atoms with Crippen LogP contribution in [0.2, 0.25) is 0 Å². The molecule has 0 bridgehead atoms. The van der Waals surface area contributed by atoms with Crippen LogP contribution in [0.4, 0.5) is 5.82 Å². The molecule has 114 valence electrons. The summed E-state index contributed by atoms with van der Waals surface area (Å²) < 4.78 is 2.12. The van der Waals surface area contributed by atoms with Gasteiger partial charge in [-0.15, -0.1) is 10.2 Å². The summed E-state index contributed by atoms with van der Waals surface area (Å²) in [5.41, 5.74) is 0.383. The molecule has 1 aliphatic heterocycles. The molecule has 1 aliphatic rings. The first-order valence-electron chi connectivity index (χ1n) is 7.56. The van der Waals surface area contributed by atoms with E-state index in [1.165, 1.54) is 0 Å². The molecule has 1 atom stereocenters. The van der Waals surface area contributed by atoms with Crippen LogP contribution in [-0.4, -0.2) is 37.8 Å². The number of rotatable bonds is 3. The van der Waals surface area contributed by atoms with Crippen LogP contribution in [0.15, 0.2) is 18.7 Å². The topological polar surface area (TPSA) is 83.5 Å². The molecule has 0 radical (unpaired) electrons. The number of hydrogen-bond acceptors (Lipinski definition) is 6. The molecule has 3 rings (SSSR count). The van der Waals surface area contributed by atoms with Crippen LogP contribution in [0.3, 0.4) is 0 Å².